The van der Waals surface area contributed by atoms with Gasteiger partial charge >= 0.3 is 6.09 Å². The molecule has 1 amide bonds. The highest BCUT2D eigenvalue weighted by Crippen LogP contribution is 2.30. The maximum absolute atomic E-state index is 14.0. The van der Waals surface area contributed by atoms with E-state index in [1.807, 2.05) is 4.90 Å². The van der Waals surface area contributed by atoms with Gasteiger partial charge in [-0.1, -0.05) is 0 Å². The molecule has 1 N–H and O–H groups in total. The molecule has 26 heavy (non-hydrogen) atoms. The predicted octanol–water partition coefficient (Wildman–Crippen LogP) is 2.08. The highest BCUT2D eigenvalue weighted by molar-refractivity contribution is 5.67. The molecule has 4 rings (SSSR count). The molecule has 0 saturated carbocycles. The van der Waals surface area contributed by atoms with Crippen LogP contribution in [0.2, 0.25) is 0 Å². The first-order chi connectivity index (χ1) is 12.5. The quantitative estimate of drug-likeness (QED) is 0.883. The molecule has 1 aromatic heterocycles. The molecular weight excluding hydrogens is 344 g/mol. The van der Waals surface area contributed by atoms with Gasteiger partial charge in [-0.3, -0.25) is 4.90 Å². The first-order valence-corrected chi connectivity index (χ1v) is 8.28. The second kappa shape index (κ2) is 6.40. The Hall–Kier alpha value is -2.97. The minimum Gasteiger partial charge on any atom is -0.465 e. The van der Waals surface area contributed by atoms with Crippen LogP contribution in [0.4, 0.5) is 25.1 Å². The smallest absolute Gasteiger partial charge is 0.407 e. The Morgan fingerprint density at radius 3 is 2.46 bits per heavy atom. The van der Waals surface area contributed by atoms with Crippen LogP contribution in [0, 0.1) is 11.6 Å². The van der Waals surface area contributed by atoms with Crippen LogP contribution in [-0.4, -0.2) is 52.2 Å². The van der Waals surface area contributed by atoms with Gasteiger partial charge in [-0.15, -0.1) is 0 Å². The zero-order valence-electron chi connectivity index (χ0n) is 13.9. The van der Waals surface area contributed by atoms with Crippen LogP contribution in [0.15, 0.2) is 24.5 Å². The Kier molecular flexibility index (Phi) is 4.06. The first-order valence-electron chi connectivity index (χ1n) is 8.28. The number of nitrogens with zero attached hydrogens (tertiary/aromatic N) is 5. The summed E-state index contributed by atoms with van der Waals surface area (Å²) in [5.41, 5.74) is 1.94. The summed E-state index contributed by atoms with van der Waals surface area (Å²) in [6, 6.07) is 3.59. The third-order valence-electron chi connectivity index (χ3n) is 4.80. The lowest BCUT2D eigenvalue weighted by molar-refractivity contribution is 0.145. The van der Waals surface area contributed by atoms with Crippen LogP contribution in [-0.2, 0) is 13.1 Å². The number of carboxylic acid groups (broad SMARTS) is 1. The summed E-state index contributed by atoms with van der Waals surface area (Å²) in [6.45, 7) is 2.86. The fourth-order valence-corrected chi connectivity index (χ4v) is 3.47. The second-order valence-electron chi connectivity index (χ2n) is 6.33. The highest BCUT2D eigenvalue weighted by atomic mass is 19.1. The molecule has 9 heteroatoms. The summed E-state index contributed by atoms with van der Waals surface area (Å²) in [5, 5.41) is 9.19. The predicted molar refractivity (Wildman–Crippen MR) is 90.1 cm³/mol. The van der Waals surface area contributed by atoms with Crippen molar-refractivity contribution in [3.05, 3.63) is 47.4 Å². The molecule has 0 spiro atoms. The normalized spacial score (nSPS) is 16.8. The standard InChI is InChI=1S/C17H17F2N5O2/c18-11-1-2-15(13(19)7-11)22-3-5-23(6-4-22)16-12-8-24(17(25)26)9-14(12)20-10-21-16/h1-2,7,10H,3-6,8-9H2,(H,25,26). The van der Waals surface area contributed by atoms with Crippen LogP contribution in [0.3, 0.4) is 0 Å². The van der Waals surface area contributed by atoms with Gasteiger partial charge in [0.15, 0.2) is 0 Å². The van der Waals surface area contributed by atoms with Gasteiger partial charge in [-0.05, 0) is 12.1 Å². The maximum atomic E-state index is 14.0. The molecule has 0 radical (unpaired) electrons. The van der Waals surface area contributed by atoms with Crippen molar-refractivity contribution in [2.45, 2.75) is 13.1 Å². The van der Waals surface area contributed by atoms with Gasteiger partial charge in [-0.25, -0.2) is 23.5 Å². The number of piperazine rings is 1. The van der Waals surface area contributed by atoms with E-state index in [1.54, 1.807) is 0 Å². The lowest BCUT2D eigenvalue weighted by Crippen LogP contribution is -2.47. The van der Waals surface area contributed by atoms with E-state index < -0.39 is 17.7 Å². The Morgan fingerprint density at radius 1 is 1.04 bits per heavy atom. The van der Waals surface area contributed by atoms with E-state index in [0.717, 1.165) is 23.1 Å². The largest absolute Gasteiger partial charge is 0.465 e. The average Bonchev–Trinajstić information content (AvgIpc) is 3.07. The van der Waals surface area contributed by atoms with Gasteiger partial charge < -0.3 is 14.9 Å². The van der Waals surface area contributed by atoms with Crippen molar-refractivity contribution < 1.29 is 18.7 Å². The number of anilines is 2. The molecule has 2 aliphatic heterocycles. The molecule has 2 aliphatic rings. The Balaban J connectivity index is 1.50. The Labute approximate surface area is 148 Å². The van der Waals surface area contributed by atoms with E-state index in [4.69, 9.17) is 0 Å². The molecule has 2 aromatic rings. The number of hydrogen-bond acceptors (Lipinski definition) is 5. The minimum absolute atomic E-state index is 0.265. The fraction of sp³-hybridized carbons (Fsp3) is 0.353. The van der Waals surface area contributed by atoms with Crippen molar-refractivity contribution in [3.8, 4) is 0 Å². The van der Waals surface area contributed by atoms with Gasteiger partial charge in [0, 0.05) is 37.8 Å². The SMILES string of the molecule is O=C(O)N1Cc2ncnc(N3CCN(c4ccc(F)cc4F)CC3)c2C1. The van der Waals surface area contributed by atoms with Crippen molar-refractivity contribution >= 4 is 17.6 Å². The molecule has 1 aromatic carbocycles. The first kappa shape index (κ1) is 16.5. The number of amides is 1. The molecule has 7 nitrogen and oxygen atoms in total. The molecule has 1 fully saturated rings. The van der Waals surface area contributed by atoms with Gasteiger partial charge in [0.05, 0.1) is 24.5 Å². The Morgan fingerprint density at radius 2 is 1.77 bits per heavy atom. The minimum atomic E-state index is -0.981. The van der Waals surface area contributed by atoms with Crippen molar-refractivity contribution in [2.24, 2.45) is 0 Å². The molecule has 0 atom stereocenters. The van der Waals surface area contributed by atoms with Crippen molar-refractivity contribution in [2.75, 3.05) is 36.0 Å². The van der Waals surface area contributed by atoms with Crippen molar-refractivity contribution in [1.82, 2.24) is 14.9 Å². The van der Waals surface area contributed by atoms with Crippen LogP contribution in [0.5, 0.6) is 0 Å². The summed E-state index contributed by atoms with van der Waals surface area (Å²) >= 11 is 0. The molecule has 0 unspecified atom stereocenters. The topological polar surface area (TPSA) is 72.8 Å². The van der Waals surface area contributed by atoms with Crippen LogP contribution in [0.25, 0.3) is 0 Å². The number of carbonyl (C=O) groups is 1. The van der Waals surface area contributed by atoms with Gasteiger partial charge in [0.1, 0.15) is 23.8 Å². The van der Waals surface area contributed by atoms with E-state index in [-0.39, 0.29) is 13.1 Å². The second-order valence-corrected chi connectivity index (χ2v) is 6.33. The van der Waals surface area contributed by atoms with E-state index in [9.17, 15) is 18.7 Å². The van der Waals surface area contributed by atoms with Crippen molar-refractivity contribution in [1.29, 1.82) is 0 Å². The molecule has 0 aliphatic carbocycles. The van der Waals surface area contributed by atoms with Gasteiger partial charge in [-0.2, -0.15) is 0 Å². The van der Waals surface area contributed by atoms with E-state index in [0.29, 0.717) is 31.9 Å². The van der Waals surface area contributed by atoms with Crippen molar-refractivity contribution in [3.63, 3.8) is 0 Å². The number of rotatable bonds is 2. The summed E-state index contributed by atoms with van der Waals surface area (Å²) in [6.07, 6.45) is 0.469. The fourth-order valence-electron chi connectivity index (χ4n) is 3.47. The third kappa shape index (κ3) is 2.89. The summed E-state index contributed by atoms with van der Waals surface area (Å²) in [5.74, 6) is -0.430. The summed E-state index contributed by atoms with van der Waals surface area (Å²) in [4.78, 5) is 25.0. The van der Waals surface area contributed by atoms with Crippen LogP contribution in [0.1, 0.15) is 11.3 Å². The number of halogens is 2. The molecule has 136 valence electrons. The average molecular weight is 361 g/mol. The molecule has 0 bridgehead atoms. The Bertz CT molecular complexity index is 855. The summed E-state index contributed by atoms with van der Waals surface area (Å²) < 4.78 is 27.1. The van der Waals surface area contributed by atoms with E-state index in [1.165, 1.54) is 23.4 Å². The van der Waals surface area contributed by atoms with E-state index >= 15 is 0 Å². The van der Waals surface area contributed by atoms with E-state index in [2.05, 4.69) is 14.9 Å². The number of aromatic nitrogens is 2. The molecule has 3 heterocycles. The lowest BCUT2D eigenvalue weighted by Gasteiger charge is -2.37. The molecular formula is C17H17F2N5O2. The van der Waals surface area contributed by atoms with Gasteiger partial charge in [0.2, 0.25) is 0 Å². The number of hydrogen-bond donors (Lipinski definition) is 1. The maximum Gasteiger partial charge on any atom is 0.407 e. The van der Waals surface area contributed by atoms with Crippen LogP contribution >= 0.6 is 0 Å². The monoisotopic (exact) mass is 361 g/mol. The number of fused-ring (bicyclic) bond motifs is 1. The summed E-state index contributed by atoms with van der Waals surface area (Å²) in [7, 11) is 0. The molecule has 1 saturated heterocycles. The zero-order chi connectivity index (χ0) is 18.3. The highest BCUT2D eigenvalue weighted by Gasteiger charge is 2.30. The number of benzene rings is 1. The van der Waals surface area contributed by atoms with Gasteiger partial charge in [0.25, 0.3) is 0 Å². The zero-order valence-corrected chi connectivity index (χ0v) is 13.9. The third-order valence-corrected chi connectivity index (χ3v) is 4.80. The van der Waals surface area contributed by atoms with Crippen LogP contribution < -0.4 is 9.80 Å². The lowest BCUT2D eigenvalue weighted by atomic mass is 10.2.